The SMILES string of the molecule is Cc1cc(NCc2ccncc2)nc(N(C)C2CCS(=O)(=O)C2)n1. The molecule has 0 saturated carbocycles. The molecular formula is C16H21N5O2S. The topological polar surface area (TPSA) is 88.1 Å². The minimum absolute atomic E-state index is 0.0650. The molecule has 0 radical (unpaired) electrons. The monoisotopic (exact) mass is 347 g/mol. The molecule has 8 heteroatoms. The Morgan fingerprint density at radius 1 is 1.29 bits per heavy atom. The highest BCUT2D eigenvalue weighted by atomic mass is 32.2. The van der Waals surface area contributed by atoms with Crippen LogP contribution in [0.5, 0.6) is 0 Å². The first kappa shape index (κ1) is 16.6. The number of hydrogen-bond acceptors (Lipinski definition) is 7. The molecule has 3 rings (SSSR count). The van der Waals surface area contributed by atoms with Gasteiger partial charge in [0.2, 0.25) is 5.95 Å². The maximum absolute atomic E-state index is 11.7. The van der Waals surface area contributed by atoms with E-state index >= 15 is 0 Å². The van der Waals surface area contributed by atoms with Gasteiger partial charge in [-0.15, -0.1) is 0 Å². The van der Waals surface area contributed by atoms with Gasteiger partial charge in [0.15, 0.2) is 9.84 Å². The Kier molecular flexibility index (Phi) is 4.66. The number of anilines is 2. The Bertz CT molecular complexity index is 810. The van der Waals surface area contributed by atoms with E-state index in [0.29, 0.717) is 18.9 Å². The smallest absolute Gasteiger partial charge is 0.227 e. The highest BCUT2D eigenvalue weighted by Crippen LogP contribution is 2.22. The first-order valence-electron chi connectivity index (χ1n) is 7.85. The minimum Gasteiger partial charge on any atom is -0.366 e. The van der Waals surface area contributed by atoms with Gasteiger partial charge < -0.3 is 10.2 Å². The summed E-state index contributed by atoms with van der Waals surface area (Å²) in [5.41, 5.74) is 1.95. The van der Waals surface area contributed by atoms with Crippen molar-refractivity contribution in [3.63, 3.8) is 0 Å². The van der Waals surface area contributed by atoms with Crippen molar-refractivity contribution in [2.75, 3.05) is 28.8 Å². The molecule has 1 saturated heterocycles. The lowest BCUT2D eigenvalue weighted by molar-refractivity contribution is 0.600. The molecule has 1 unspecified atom stereocenters. The van der Waals surface area contributed by atoms with E-state index < -0.39 is 9.84 Å². The Labute approximate surface area is 142 Å². The summed E-state index contributed by atoms with van der Waals surface area (Å²) < 4.78 is 23.4. The molecule has 0 aromatic carbocycles. The Morgan fingerprint density at radius 3 is 2.71 bits per heavy atom. The lowest BCUT2D eigenvalue weighted by Gasteiger charge is -2.24. The second-order valence-corrected chi connectivity index (χ2v) is 8.30. The molecule has 1 aliphatic heterocycles. The van der Waals surface area contributed by atoms with E-state index in [4.69, 9.17) is 0 Å². The van der Waals surface area contributed by atoms with Crippen molar-refractivity contribution in [1.29, 1.82) is 0 Å². The summed E-state index contributed by atoms with van der Waals surface area (Å²) in [6, 6.07) is 5.70. The van der Waals surface area contributed by atoms with Crippen molar-refractivity contribution in [1.82, 2.24) is 15.0 Å². The van der Waals surface area contributed by atoms with Crippen LogP contribution in [-0.2, 0) is 16.4 Å². The van der Waals surface area contributed by atoms with Crippen molar-refractivity contribution in [3.05, 3.63) is 41.9 Å². The number of hydrogen-bond donors (Lipinski definition) is 1. The van der Waals surface area contributed by atoms with E-state index in [1.54, 1.807) is 12.4 Å². The van der Waals surface area contributed by atoms with E-state index in [2.05, 4.69) is 20.3 Å². The van der Waals surface area contributed by atoms with Gasteiger partial charge in [0.05, 0.1) is 11.5 Å². The number of aromatic nitrogens is 3. The summed E-state index contributed by atoms with van der Waals surface area (Å²) in [6.07, 6.45) is 4.12. The van der Waals surface area contributed by atoms with Crippen molar-refractivity contribution in [2.24, 2.45) is 0 Å². The number of pyridine rings is 1. The van der Waals surface area contributed by atoms with Crippen LogP contribution in [0.3, 0.4) is 0 Å². The van der Waals surface area contributed by atoms with Gasteiger partial charge in [-0.1, -0.05) is 0 Å². The van der Waals surface area contributed by atoms with Crippen LogP contribution in [0.15, 0.2) is 30.6 Å². The lowest BCUT2D eigenvalue weighted by atomic mass is 10.2. The number of rotatable bonds is 5. The van der Waals surface area contributed by atoms with E-state index in [0.717, 1.165) is 17.1 Å². The molecule has 2 aromatic rings. The highest BCUT2D eigenvalue weighted by Gasteiger charge is 2.31. The predicted octanol–water partition coefficient (Wildman–Crippen LogP) is 1.42. The van der Waals surface area contributed by atoms with Crippen LogP contribution in [0, 0.1) is 6.92 Å². The Hall–Kier alpha value is -2.22. The van der Waals surface area contributed by atoms with Crippen LogP contribution in [0.2, 0.25) is 0 Å². The number of nitrogens with one attached hydrogen (secondary N) is 1. The van der Waals surface area contributed by atoms with Gasteiger partial charge in [0.1, 0.15) is 5.82 Å². The molecule has 7 nitrogen and oxygen atoms in total. The first-order chi connectivity index (χ1) is 11.4. The summed E-state index contributed by atoms with van der Waals surface area (Å²) in [6.45, 7) is 2.54. The quantitative estimate of drug-likeness (QED) is 0.875. The molecule has 0 spiro atoms. The zero-order valence-electron chi connectivity index (χ0n) is 13.8. The molecule has 2 aromatic heterocycles. The number of nitrogens with zero attached hydrogens (tertiary/aromatic N) is 4. The highest BCUT2D eigenvalue weighted by molar-refractivity contribution is 7.91. The van der Waals surface area contributed by atoms with Crippen LogP contribution < -0.4 is 10.2 Å². The largest absolute Gasteiger partial charge is 0.366 e. The van der Waals surface area contributed by atoms with Crippen LogP contribution in [0.25, 0.3) is 0 Å². The van der Waals surface area contributed by atoms with Gasteiger partial charge in [-0.3, -0.25) is 4.98 Å². The van der Waals surface area contributed by atoms with E-state index in [9.17, 15) is 8.42 Å². The lowest BCUT2D eigenvalue weighted by Crippen LogP contribution is -2.34. The van der Waals surface area contributed by atoms with Crippen LogP contribution in [0.4, 0.5) is 11.8 Å². The molecule has 3 heterocycles. The van der Waals surface area contributed by atoms with Crippen LogP contribution in [0.1, 0.15) is 17.7 Å². The molecule has 1 fully saturated rings. The summed E-state index contributed by atoms with van der Waals surface area (Å²) in [5, 5.41) is 3.28. The summed E-state index contributed by atoms with van der Waals surface area (Å²) in [4.78, 5) is 14.9. The molecule has 128 valence electrons. The number of aryl methyl sites for hydroxylation is 1. The second-order valence-electron chi connectivity index (χ2n) is 6.07. The third-order valence-corrected chi connectivity index (χ3v) is 5.89. The molecule has 1 atom stereocenters. The summed E-state index contributed by atoms with van der Waals surface area (Å²) in [5.74, 6) is 1.68. The third kappa shape index (κ3) is 4.00. The molecule has 0 aliphatic carbocycles. The van der Waals surface area contributed by atoms with Crippen LogP contribution in [-0.4, -0.2) is 48.0 Å². The van der Waals surface area contributed by atoms with E-state index in [-0.39, 0.29) is 17.5 Å². The zero-order valence-corrected chi connectivity index (χ0v) is 14.6. The van der Waals surface area contributed by atoms with Gasteiger partial charge in [-0.25, -0.2) is 13.4 Å². The van der Waals surface area contributed by atoms with E-state index in [1.165, 1.54) is 0 Å². The maximum Gasteiger partial charge on any atom is 0.227 e. The predicted molar refractivity (Wildman–Crippen MR) is 93.8 cm³/mol. The first-order valence-corrected chi connectivity index (χ1v) is 9.67. The summed E-state index contributed by atoms with van der Waals surface area (Å²) in [7, 11) is -1.08. The molecule has 1 aliphatic rings. The molecule has 0 bridgehead atoms. The normalized spacial score (nSPS) is 19.2. The molecule has 24 heavy (non-hydrogen) atoms. The molecule has 0 amide bonds. The minimum atomic E-state index is -2.93. The van der Waals surface area contributed by atoms with Crippen molar-refractivity contribution >= 4 is 21.6 Å². The Balaban J connectivity index is 1.74. The van der Waals surface area contributed by atoms with Gasteiger partial charge in [-0.05, 0) is 31.0 Å². The third-order valence-electron chi connectivity index (χ3n) is 4.14. The zero-order chi connectivity index (χ0) is 17.2. The van der Waals surface area contributed by atoms with Crippen LogP contribution >= 0.6 is 0 Å². The van der Waals surface area contributed by atoms with Crippen molar-refractivity contribution < 1.29 is 8.42 Å². The maximum atomic E-state index is 11.7. The average Bonchev–Trinajstić information content (AvgIpc) is 2.93. The van der Waals surface area contributed by atoms with Gasteiger partial charge in [0, 0.05) is 43.8 Å². The van der Waals surface area contributed by atoms with Crippen molar-refractivity contribution in [2.45, 2.75) is 25.9 Å². The second kappa shape index (κ2) is 6.72. The average molecular weight is 347 g/mol. The molecular weight excluding hydrogens is 326 g/mol. The van der Waals surface area contributed by atoms with Gasteiger partial charge in [0.25, 0.3) is 0 Å². The fourth-order valence-corrected chi connectivity index (χ4v) is 4.51. The molecule has 1 N–H and O–H groups in total. The Morgan fingerprint density at radius 2 is 2.04 bits per heavy atom. The number of sulfone groups is 1. The fraction of sp³-hybridized carbons (Fsp3) is 0.438. The summed E-state index contributed by atoms with van der Waals surface area (Å²) >= 11 is 0. The van der Waals surface area contributed by atoms with Gasteiger partial charge >= 0.3 is 0 Å². The fourth-order valence-electron chi connectivity index (χ4n) is 2.74. The van der Waals surface area contributed by atoms with Crippen molar-refractivity contribution in [3.8, 4) is 0 Å². The standard InChI is InChI=1S/C16H21N5O2S/c1-12-9-15(18-10-13-3-6-17-7-4-13)20-16(19-12)21(2)14-5-8-24(22,23)11-14/h3-4,6-7,9,14H,5,8,10-11H2,1-2H3,(H,18,19,20). The van der Waals surface area contributed by atoms with Gasteiger partial charge in [-0.2, -0.15) is 4.98 Å². The van der Waals surface area contributed by atoms with E-state index in [1.807, 2.05) is 37.1 Å².